The van der Waals surface area contributed by atoms with Gasteiger partial charge in [0.2, 0.25) is 10.0 Å². The Morgan fingerprint density at radius 2 is 1.62 bits per heavy atom. The number of carbonyl (C=O) groups excluding carboxylic acids is 2. The predicted octanol–water partition coefficient (Wildman–Crippen LogP) is 4.09. The summed E-state index contributed by atoms with van der Waals surface area (Å²) >= 11 is 0. The molecule has 1 aliphatic rings. The zero-order valence-electron chi connectivity index (χ0n) is 23.2. The van der Waals surface area contributed by atoms with Crippen LogP contribution in [0.15, 0.2) is 72.8 Å². The maximum Gasteiger partial charge on any atom is 0.258 e. The van der Waals surface area contributed by atoms with Gasteiger partial charge in [0, 0.05) is 42.1 Å². The molecular formula is C30H35N5O4S. The molecule has 0 saturated heterocycles. The molecule has 10 heteroatoms. The summed E-state index contributed by atoms with van der Waals surface area (Å²) in [6.07, 6.45) is 2.03. The van der Waals surface area contributed by atoms with Crippen LogP contribution in [0.2, 0.25) is 0 Å². The van der Waals surface area contributed by atoms with E-state index in [0.29, 0.717) is 59.1 Å². The fraction of sp³-hybridized carbons (Fsp3) is 0.267. The molecule has 0 radical (unpaired) electrons. The highest BCUT2D eigenvalue weighted by atomic mass is 32.2. The van der Waals surface area contributed by atoms with Gasteiger partial charge in [-0.05, 0) is 62.5 Å². The van der Waals surface area contributed by atoms with Crippen molar-refractivity contribution in [1.82, 2.24) is 10.2 Å². The molecule has 4 rings (SSSR count). The monoisotopic (exact) mass is 561 g/mol. The van der Waals surface area contributed by atoms with Crippen molar-refractivity contribution in [3.8, 4) is 0 Å². The van der Waals surface area contributed by atoms with E-state index in [1.165, 1.54) is 10.6 Å². The summed E-state index contributed by atoms with van der Waals surface area (Å²) in [5.74, 6) is -0.470. The van der Waals surface area contributed by atoms with Crippen LogP contribution >= 0.6 is 0 Å². The van der Waals surface area contributed by atoms with Crippen LogP contribution in [0.5, 0.6) is 0 Å². The number of amides is 2. The van der Waals surface area contributed by atoms with Gasteiger partial charge in [-0.2, -0.15) is 0 Å². The highest BCUT2D eigenvalue weighted by molar-refractivity contribution is 7.92. The van der Waals surface area contributed by atoms with Crippen molar-refractivity contribution >= 4 is 50.2 Å². The van der Waals surface area contributed by atoms with Crippen LogP contribution < -0.4 is 20.3 Å². The maximum atomic E-state index is 13.3. The van der Waals surface area contributed by atoms with Gasteiger partial charge in [-0.15, -0.1) is 0 Å². The minimum atomic E-state index is -3.47. The number of hydrogen-bond acceptors (Lipinski definition) is 6. The number of nitrogens with one attached hydrogen (secondary N) is 3. The van der Waals surface area contributed by atoms with E-state index in [-0.39, 0.29) is 11.8 Å². The highest BCUT2D eigenvalue weighted by Crippen LogP contribution is 2.38. The number of anilines is 3. The van der Waals surface area contributed by atoms with Crippen molar-refractivity contribution in [3.05, 3.63) is 89.5 Å². The number of carbonyl (C=O) groups is 2. The van der Waals surface area contributed by atoms with E-state index in [1.807, 2.05) is 56.3 Å². The topological polar surface area (TPSA) is 111 Å². The number of likely N-dealkylation sites (N-methyl/N-ethyl adjacent to an activating group) is 1. The molecule has 0 aliphatic carbocycles. The van der Waals surface area contributed by atoms with Gasteiger partial charge in [0.1, 0.15) is 0 Å². The Morgan fingerprint density at radius 3 is 2.25 bits per heavy atom. The van der Waals surface area contributed by atoms with Crippen LogP contribution in [0.1, 0.15) is 34.8 Å². The standard InChI is InChI=1S/C30H35N5O4S/c1-5-17-31-29(36)22-11-16-25-26(20-22)33-30(37)27(25)28(21-9-7-6-8-10-21)32-23-12-14-24(15-13-23)35(40(4,38)39)19-18-34(2)3/h6-16,20,32H,5,17-19H2,1-4H3,(H,31,36)(H,33,37)/b28-27-. The molecular weight excluding hydrogens is 526 g/mol. The lowest BCUT2D eigenvalue weighted by Crippen LogP contribution is -2.35. The molecule has 3 N–H and O–H groups in total. The summed E-state index contributed by atoms with van der Waals surface area (Å²) in [6.45, 7) is 3.46. The van der Waals surface area contributed by atoms with Crippen LogP contribution in [0, 0.1) is 0 Å². The quantitative estimate of drug-likeness (QED) is 0.304. The van der Waals surface area contributed by atoms with Gasteiger partial charge in [-0.3, -0.25) is 13.9 Å². The number of nitrogens with zero attached hydrogens (tertiary/aromatic N) is 2. The third-order valence-corrected chi connectivity index (χ3v) is 7.64. The number of rotatable bonds is 11. The SMILES string of the molecule is CCCNC(=O)c1ccc2c(c1)NC(=O)/C2=C(\Nc1ccc(N(CCN(C)C)S(C)(=O)=O)cc1)c1ccccc1. The lowest BCUT2D eigenvalue weighted by atomic mass is 9.99. The number of benzene rings is 3. The molecule has 0 atom stereocenters. The Labute approximate surface area is 235 Å². The van der Waals surface area contributed by atoms with Gasteiger partial charge in [-0.25, -0.2) is 8.42 Å². The molecule has 0 aromatic heterocycles. The maximum absolute atomic E-state index is 13.3. The summed E-state index contributed by atoms with van der Waals surface area (Å²) in [7, 11) is 0.323. The lowest BCUT2D eigenvalue weighted by molar-refractivity contribution is -0.110. The van der Waals surface area contributed by atoms with Crippen LogP contribution in [0.4, 0.5) is 17.1 Å². The Balaban J connectivity index is 1.71. The summed E-state index contributed by atoms with van der Waals surface area (Å²) in [6, 6.07) is 21.8. The number of hydrogen-bond donors (Lipinski definition) is 3. The second-order valence-electron chi connectivity index (χ2n) is 9.90. The van der Waals surface area contributed by atoms with E-state index in [1.54, 1.807) is 42.5 Å². The van der Waals surface area contributed by atoms with Crippen LogP contribution in [0.25, 0.3) is 11.3 Å². The first-order valence-corrected chi connectivity index (χ1v) is 15.0. The van der Waals surface area contributed by atoms with Gasteiger partial charge >= 0.3 is 0 Å². The molecule has 210 valence electrons. The van der Waals surface area contributed by atoms with Gasteiger partial charge in [0.15, 0.2) is 0 Å². The zero-order valence-corrected chi connectivity index (χ0v) is 24.0. The first kappa shape index (κ1) is 28.8. The Morgan fingerprint density at radius 1 is 0.925 bits per heavy atom. The molecule has 0 bridgehead atoms. The molecule has 0 saturated carbocycles. The van der Waals surface area contributed by atoms with Crippen molar-refractivity contribution in [1.29, 1.82) is 0 Å². The third kappa shape index (κ3) is 6.70. The first-order chi connectivity index (χ1) is 19.1. The van der Waals surface area contributed by atoms with Gasteiger partial charge in [-0.1, -0.05) is 43.3 Å². The van der Waals surface area contributed by atoms with Crippen molar-refractivity contribution in [2.24, 2.45) is 0 Å². The molecule has 3 aromatic carbocycles. The Hall–Kier alpha value is -4.15. The van der Waals surface area contributed by atoms with E-state index in [0.717, 1.165) is 12.0 Å². The van der Waals surface area contributed by atoms with Crippen molar-refractivity contribution in [2.45, 2.75) is 13.3 Å². The second kappa shape index (κ2) is 12.4. The highest BCUT2D eigenvalue weighted by Gasteiger charge is 2.29. The van der Waals surface area contributed by atoms with E-state index in [9.17, 15) is 18.0 Å². The molecule has 0 fully saturated rings. The summed E-state index contributed by atoms with van der Waals surface area (Å²) in [5.41, 5.74) is 4.83. The van der Waals surface area contributed by atoms with E-state index in [2.05, 4.69) is 16.0 Å². The molecule has 40 heavy (non-hydrogen) atoms. The van der Waals surface area contributed by atoms with Crippen molar-refractivity contribution < 1.29 is 18.0 Å². The lowest BCUT2D eigenvalue weighted by Gasteiger charge is -2.24. The molecule has 2 amide bonds. The fourth-order valence-corrected chi connectivity index (χ4v) is 5.34. The van der Waals surface area contributed by atoms with Crippen LogP contribution in [0.3, 0.4) is 0 Å². The summed E-state index contributed by atoms with van der Waals surface area (Å²) in [5, 5.41) is 9.16. The molecule has 0 unspecified atom stereocenters. The molecule has 3 aromatic rings. The summed E-state index contributed by atoms with van der Waals surface area (Å²) in [4.78, 5) is 27.7. The first-order valence-electron chi connectivity index (χ1n) is 13.1. The van der Waals surface area contributed by atoms with Gasteiger partial charge in [0.25, 0.3) is 11.8 Å². The molecule has 1 aliphatic heterocycles. The van der Waals surface area contributed by atoms with Crippen molar-refractivity contribution in [2.75, 3.05) is 54.9 Å². The smallest absolute Gasteiger partial charge is 0.258 e. The zero-order chi connectivity index (χ0) is 28.9. The van der Waals surface area contributed by atoms with Gasteiger partial charge in [0.05, 0.1) is 23.2 Å². The third-order valence-electron chi connectivity index (χ3n) is 6.45. The van der Waals surface area contributed by atoms with E-state index in [4.69, 9.17) is 0 Å². The number of sulfonamides is 1. The largest absolute Gasteiger partial charge is 0.354 e. The minimum absolute atomic E-state index is 0.188. The average molecular weight is 562 g/mol. The predicted molar refractivity (Wildman–Crippen MR) is 162 cm³/mol. The Kier molecular flexibility index (Phi) is 8.91. The molecule has 1 heterocycles. The fourth-order valence-electron chi connectivity index (χ4n) is 4.42. The van der Waals surface area contributed by atoms with Crippen LogP contribution in [-0.2, 0) is 14.8 Å². The second-order valence-corrected chi connectivity index (χ2v) is 11.8. The van der Waals surface area contributed by atoms with E-state index < -0.39 is 10.0 Å². The van der Waals surface area contributed by atoms with E-state index >= 15 is 0 Å². The van der Waals surface area contributed by atoms with Crippen molar-refractivity contribution in [3.63, 3.8) is 0 Å². The number of fused-ring (bicyclic) bond motifs is 1. The molecule has 0 spiro atoms. The normalized spacial score (nSPS) is 14.0. The Bertz CT molecular complexity index is 1520. The van der Waals surface area contributed by atoms with Gasteiger partial charge < -0.3 is 20.9 Å². The van der Waals surface area contributed by atoms with Crippen LogP contribution in [-0.4, -0.2) is 65.1 Å². The molecule has 9 nitrogen and oxygen atoms in total. The minimum Gasteiger partial charge on any atom is -0.354 e. The average Bonchev–Trinajstić information content (AvgIpc) is 3.25. The summed E-state index contributed by atoms with van der Waals surface area (Å²) < 4.78 is 26.3.